The number of benzene rings is 1. The number of hydrogen-bond donors (Lipinski definition) is 1. The largest absolute Gasteiger partial charge is 0.369 e. The molecular formula is C19H28ClN3O. The van der Waals surface area contributed by atoms with Crippen LogP contribution in [-0.2, 0) is 4.79 Å². The zero-order valence-corrected chi connectivity index (χ0v) is 15.1. The predicted molar refractivity (Wildman–Crippen MR) is 99.7 cm³/mol. The molecule has 1 heterocycles. The highest BCUT2D eigenvalue weighted by Crippen LogP contribution is 2.20. The maximum atomic E-state index is 12.1. The topological polar surface area (TPSA) is 35.6 Å². The van der Waals surface area contributed by atoms with Gasteiger partial charge in [-0.2, -0.15) is 0 Å². The summed E-state index contributed by atoms with van der Waals surface area (Å²) in [5.74, 6) is 0.224. The van der Waals surface area contributed by atoms with Gasteiger partial charge in [0.1, 0.15) is 0 Å². The van der Waals surface area contributed by atoms with E-state index in [0.717, 1.165) is 50.6 Å². The Morgan fingerprint density at radius 3 is 2.38 bits per heavy atom. The number of halogens is 1. The molecule has 1 saturated carbocycles. The highest BCUT2D eigenvalue weighted by atomic mass is 35.5. The second-order valence-corrected chi connectivity index (χ2v) is 7.39. The Morgan fingerprint density at radius 1 is 1.04 bits per heavy atom. The van der Waals surface area contributed by atoms with Gasteiger partial charge in [0.05, 0.1) is 0 Å². The van der Waals surface area contributed by atoms with Gasteiger partial charge in [0.25, 0.3) is 0 Å². The minimum Gasteiger partial charge on any atom is -0.369 e. The lowest BCUT2D eigenvalue weighted by Gasteiger charge is -2.36. The van der Waals surface area contributed by atoms with Crippen molar-refractivity contribution in [2.45, 2.75) is 44.6 Å². The first-order valence-corrected chi connectivity index (χ1v) is 9.61. The molecule has 0 atom stereocenters. The molecule has 0 radical (unpaired) electrons. The molecular weight excluding hydrogens is 322 g/mol. The van der Waals surface area contributed by atoms with Gasteiger partial charge in [0.15, 0.2) is 0 Å². The molecule has 3 rings (SSSR count). The van der Waals surface area contributed by atoms with E-state index < -0.39 is 0 Å². The molecule has 0 unspecified atom stereocenters. The fraction of sp³-hybridized carbons (Fsp3) is 0.632. The molecule has 1 aromatic rings. The van der Waals surface area contributed by atoms with Crippen molar-refractivity contribution in [2.75, 3.05) is 37.6 Å². The SMILES string of the molecule is O=C(CCN1CCN(c2ccc(Cl)cc2)CC1)NC1CCCCC1. The number of anilines is 1. The minimum absolute atomic E-state index is 0.224. The number of piperazine rings is 1. The van der Waals surface area contributed by atoms with Crippen molar-refractivity contribution in [3.63, 3.8) is 0 Å². The van der Waals surface area contributed by atoms with Crippen molar-refractivity contribution in [2.24, 2.45) is 0 Å². The van der Waals surface area contributed by atoms with Crippen LogP contribution in [0.3, 0.4) is 0 Å². The smallest absolute Gasteiger partial charge is 0.221 e. The highest BCUT2D eigenvalue weighted by molar-refractivity contribution is 6.30. The molecule has 1 aromatic carbocycles. The van der Waals surface area contributed by atoms with Gasteiger partial charge in [-0.05, 0) is 37.1 Å². The molecule has 1 aliphatic carbocycles. The van der Waals surface area contributed by atoms with E-state index in [1.54, 1.807) is 0 Å². The third-order valence-corrected chi connectivity index (χ3v) is 5.44. The van der Waals surface area contributed by atoms with Crippen LogP contribution < -0.4 is 10.2 Å². The van der Waals surface area contributed by atoms with Crippen LogP contribution in [0.1, 0.15) is 38.5 Å². The number of amides is 1. The fourth-order valence-electron chi connectivity index (χ4n) is 3.69. The molecule has 0 spiro atoms. The summed E-state index contributed by atoms with van der Waals surface area (Å²) in [6.45, 7) is 4.91. The van der Waals surface area contributed by atoms with Gasteiger partial charge >= 0.3 is 0 Å². The summed E-state index contributed by atoms with van der Waals surface area (Å²) in [5.41, 5.74) is 1.23. The number of carbonyl (C=O) groups excluding carboxylic acids is 1. The number of nitrogens with one attached hydrogen (secondary N) is 1. The second kappa shape index (κ2) is 8.72. The van der Waals surface area contributed by atoms with Gasteiger partial charge in [-0.3, -0.25) is 9.69 Å². The first-order valence-electron chi connectivity index (χ1n) is 9.23. The average molecular weight is 350 g/mol. The van der Waals surface area contributed by atoms with E-state index >= 15 is 0 Å². The first-order chi connectivity index (χ1) is 11.7. The zero-order chi connectivity index (χ0) is 16.8. The maximum Gasteiger partial charge on any atom is 0.221 e. The van der Waals surface area contributed by atoms with Gasteiger partial charge in [0.2, 0.25) is 5.91 Å². The lowest BCUT2D eigenvalue weighted by atomic mass is 9.95. The van der Waals surface area contributed by atoms with E-state index in [4.69, 9.17) is 11.6 Å². The van der Waals surface area contributed by atoms with Crippen molar-refractivity contribution in [3.8, 4) is 0 Å². The van der Waals surface area contributed by atoms with Gasteiger partial charge in [-0.25, -0.2) is 0 Å². The standard InChI is InChI=1S/C19H28ClN3O/c20-16-6-8-18(9-7-16)23-14-12-22(13-15-23)11-10-19(24)21-17-4-2-1-3-5-17/h6-9,17H,1-5,10-15H2,(H,21,24). The molecule has 5 heteroatoms. The molecule has 2 aliphatic rings. The normalized spacial score (nSPS) is 20.1. The summed E-state index contributed by atoms with van der Waals surface area (Å²) in [5, 5.41) is 3.99. The Hall–Kier alpha value is -1.26. The monoisotopic (exact) mass is 349 g/mol. The van der Waals surface area contributed by atoms with E-state index in [9.17, 15) is 4.79 Å². The number of carbonyl (C=O) groups is 1. The lowest BCUT2D eigenvalue weighted by Crippen LogP contribution is -2.47. The summed E-state index contributed by atoms with van der Waals surface area (Å²) in [7, 11) is 0. The Bertz CT molecular complexity index is 520. The summed E-state index contributed by atoms with van der Waals surface area (Å²) in [6, 6.07) is 8.47. The highest BCUT2D eigenvalue weighted by Gasteiger charge is 2.19. The van der Waals surface area contributed by atoms with Crippen molar-refractivity contribution in [1.29, 1.82) is 0 Å². The third-order valence-electron chi connectivity index (χ3n) is 5.19. The number of nitrogens with zero attached hydrogens (tertiary/aromatic N) is 2. The van der Waals surface area contributed by atoms with Crippen molar-refractivity contribution >= 4 is 23.2 Å². The van der Waals surface area contributed by atoms with E-state index in [1.165, 1.54) is 24.9 Å². The Kier molecular flexibility index (Phi) is 6.38. The van der Waals surface area contributed by atoms with Crippen molar-refractivity contribution in [1.82, 2.24) is 10.2 Å². The van der Waals surface area contributed by atoms with Crippen LogP contribution in [0.5, 0.6) is 0 Å². The molecule has 24 heavy (non-hydrogen) atoms. The van der Waals surface area contributed by atoms with Gasteiger partial charge in [0, 0.05) is 55.9 Å². The molecule has 1 N–H and O–H groups in total. The third kappa shape index (κ3) is 5.12. The minimum atomic E-state index is 0.224. The maximum absolute atomic E-state index is 12.1. The van der Waals surface area contributed by atoms with Crippen molar-refractivity contribution in [3.05, 3.63) is 29.3 Å². The second-order valence-electron chi connectivity index (χ2n) is 6.96. The Labute approximate surface area is 150 Å². The van der Waals surface area contributed by atoms with E-state index in [-0.39, 0.29) is 5.91 Å². The number of hydrogen-bond acceptors (Lipinski definition) is 3. The molecule has 4 nitrogen and oxygen atoms in total. The van der Waals surface area contributed by atoms with Crippen LogP contribution in [0, 0.1) is 0 Å². The fourth-order valence-corrected chi connectivity index (χ4v) is 3.81. The molecule has 0 aromatic heterocycles. The van der Waals surface area contributed by atoms with E-state index in [1.807, 2.05) is 12.1 Å². The van der Waals surface area contributed by atoms with Crippen LogP contribution in [0.15, 0.2) is 24.3 Å². The van der Waals surface area contributed by atoms with Gasteiger partial charge in [-0.1, -0.05) is 30.9 Å². The van der Waals surface area contributed by atoms with Crippen LogP contribution >= 0.6 is 11.6 Å². The lowest BCUT2D eigenvalue weighted by molar-refractivity contribution is -0.122. The summed E-state index contributed by atoms with van der Waals surface area (Å²) in [4.78, 5) is 16.9. The quantitative estimate of drug-likeness (QED) is 0.886. The van der Waals surface area contributed by atoms with Crippen LogP contribution in [0.2, 0.25) is 5.02 Å². The van der Waals surface area contributed by atoms with Crippen LogP contribution in [0.4, 0.5) is 5.69 Å². The summed E-state index contributed by atoms with van der Waals surface area (Å²) in [6.07, 6.45) is 6.79. The molecule has 1 saturated heterocycles. The molecule has 1 aliphatic heterocycles. The molecule has 2 fully saturated rings. The van der Waals surface area contributed by atoms with Crippen LogP contribution in [-0.4, -0.2) is 49.6 Å². The van der Waals surface area contributed by atoms with Gasteiger partial charge < -0.3 is 10.2 Å². The molecule has 132 valence electrons. The predicted octanol–water partition coefficient (Wildman–Crippen LogP) is 3.30. The van der Waals surface area contributed by atoms with Crippen LogP contribution in [0.25, 0.3) is 0 Å². The molecule has 1 amide bonds. The van der Waals surface area contributed by atoms with Crippen molar-refractivity contribution < 1.29 is 4.79 Å². The van der Waals surface area contributed by atoms with Gasteiger partial charge in [-0.15, -0.1) is 0 Å². The first kappa shape index (κ1) is 17.6. The Morgan fingerprint density at radius 2 is 1.71 bits per heavy atom. The number of rotatable bonds is 5. The van der Waals surface area contributed by atoms with E-state index in [2.05, 4.69) is 27.2 Å². The summed E-state index contributed by atoms with van der Waals surface area (Å²) < 4.78 is 0. The Balaban J connectivity index is 1.36. The average Bonchev–Trinajstić information content (AvgIpc) is 2.62. The summed E-state index contributed by atoms with van der Waals surface area (Å²) >= 11 is 5.95. The van der Waals surface area contributed by atoms with E-state index in [0.29, 0.717) is 12.5 Å². The zero-order valence-electron chi connectivity index (χ0n) is 14.3. The molecule has 0 bridgehead atoms.